The van der Waals surface area contributed by atoms with Crippen molar-refractivity contribution in [3.05, 3.63) is 70.1 Å². The van der Waals surface area contributed by atoms with E-state index in [4.69, 9.17) is 4.74 Å². The number of piperidine rings is 1. The summed E-state index contributed by atoms with van der Waals surface area (Å²) < 4.78 is 7.21. The molecule has 7 nitrogen and oxygen atoms in total. The maximum atomic E-state index is 12.8. The van der Waals surface area contributed by atoms with Gasteiger partial charge in [0.15, 0.2) is 0 Å². The molecule has 0 radical (unpaired) electrons. The van der Waals surface area contributed by atoms with Crippen molar-refractivity contribution < 1.29 is 14.3 Å². The number of likely N-dealkylation sites (tertiary alicyclic amines) is 1. The third kappa shape index (κ3) is 3.03. The molecule has 2 aliphatic heterocycles. The van der Waals surface area contributed by atoms with E-state index in [9.17, 15) is 14.4 Å². The van der Waals surface area contributed by atoms with E-state index in [0.717, 1.165) is 16.6 Å². The number of imidazole rings is 1. The van der Waals surface area contributed by atoms with Crippen molar-refractivity contribution in [3.63, 3.8) is 0 Å². The van der Waals surface area contributed by atoms with E-state index in [0.29, 0.717) is 31.5 Å². The van der Waals surface area contributed by atoms with Gasteiger partial charge in [0.1, 0.15) is 6.10 Å². The summed E-state index contributed by atoms with van der Waals surface area (Å²) in [6.45, 7) is 1.16. The topological polar surface area (TPSA) is 84.4 Å². The summed E-state index contributed by atoms with van der Waals surface area (Å²) >= 11 is 0. The van der Waals surface area contributed by atoms with Crippen LogP contribution in [0, 0.1) is 0 Å². The van der Waals surface area contributed by atoms with Crippen molar-refractivity contribution in [2.45, 2.75) is 31.4 Å². The second-order valence-electron chi connectivity index (χ2n) is 7.61. The fourth-order valence-electron chi connectivity index (χ4n) is 4.47. The monoisotopic (exact) mass is 391 g/mol. The zero-order valence-corrected chi connectivity index (χ0v) is 15.8. The van der Waals surface area contributed by atoms with Crippen LogP contribution in [0.5, 0.6) is 0 Å². The summed E-state index contributed by atoms with van der Waals surface area (Å²) in [4.78, 5) is 41.9. The number of aromatic nitrogens is 2. The van der Waals surface area contributed by atoms with Crippen molar-refractivity contribution in [2.24, 2.45) is 0 Å². The van der Waals surface area contributed by atoms with Crippen molar-refractivity contribution in [1.82, 2.24) is 14.5 Å². The number of carbonyl (C=O) groups is 2. The number of ether oxygens (including phenoxy) is 1. The summed E-state index contributed by atoms with van der Waals surface area (Å²) in [6.07, 6.45) is 1.07. The number of rotatable bonds is 3. The predicted octanol–water partition coefficient (Wildman–Crippen LogP) is 2.79. The molecule has 0 unspecified atom stereocenters. The number of benzene rings is 2. The fourth-order valence-corrected chi connectivity index (χ4v) is 4.47. The van der Waals surface area contributed by atoms with Gasteiger partial charge in [0.05, 0.1) is 23.0 Å². The summed E-state index contributed by atoms with van der Waals surface area (Å²) in [5.41, 5.74) is 2.95. The van der Waals surface area contributed by atoms with E-state index in [-0.39, 0.29) is 30.0 Å². The first-order valence-corrected chi connectivity index (χ1v) is 9.89. The predicted molar refractivity (Wildman–Crippen MR) is 107 cm³/mol. The molecule has 2 aromatic carbocycles. The first-order chi connectivity index (χ1) is 14.1. The third-order valence-electron chi connectivity index (χ3n) is 5.94. The van der Waals surface area contributed by atoms with Gasteiger partial charge in [0.25, 0.3) is 0 Å². The van der Waals surface area contributed by atoms with Crippen LogP contribution in [0.25, 0.3) is 11.0 Å². The van der Waals surface area contributed by atoms with Crippen LogP contribution in [-0.2, 0) is 9.53 Å². The Bertz CT molecular complexity index is 1150. The molecule has 3 aromatic rings. The van der Waals surface area contributed by atoms with Crippen molar-refractivity contribution in [1.29, 1.82) is 0 Å². The highest BCUT2D eigenvalue weighted by Crippen LogP contribution is 2.34. The van der Waals surface area contributed by atoms with E-state index in [1.54, 1.807) is 12.1 Å². The number of hydrogen-bond donors (Lipinski definition) is 1. The number of aromatic amines is 1. The van der Waals surface area contributed by atoms with Crippen molar-refractivity contribution >= 4 is 22.9 Å². The Kier molecular flexibility index (Phi) is 4.23. The molecule has 1 aromatic heterocycles. The van der Waals surface area contributed by atoms with E-state index in [1.165, 1.54) is 0 Å². The molecule has 3 heterocycles. The maximum Gasteiger partial charge on any atom is 0.339 e. The van der Waals surface area contributed by atoms with Gasteiger partial charge in [-0.15, -0.1) is 0 Å². The summed E-state index contributed by atoms with van der Waals surface area (Å²) in [6, 6.07) is 14.9. The van der Waals surface area contributed by atoms with Gasteiger partial charge in [-0.2, -0.15) is 0 Å². The van der Waals surface area contributed by atoms with Crippen molar-refractivity contribution in [2.75, 3.05) is 13.1 Å². The smallest absolute Gasteiger partial charge is 0.339 e. The number of para-hydroxylation sites is 2. The van der Waals surface area contributed by atoms with Crippen LogP contribution in [0.3, 0.4) is 0 Å². The summed E-state index contributed by atoms with van der Waals surface area (Å²) in [5, 5.41) is 0. The molecule has 0 spiro atoms. The van der Waals surface area contributed by atoms with E-state index >= 15 is 0 Å². The number of nitrogens with zero attached hydrogens (tertiary/aromatic N) is 2. The second kappa shape index (κ2) is 6.92. The van der Waals surface area contributed by atoms with Crippen LogP contribution in [0.4, 0.5) is 0 Å². The van der Waals surface area contributed by atoms with Crippen molar-refractivity contribution in [3.8, 4) is 0 Å². The van der Waals surface area contributed by atoms with Crippen LogP contribution in [0.2, 0.25) is 0 Å². The lowest BCUT2D eigenvalue weighted by molar-refractivity contribution is -0.134. The summed E-state index contributed by atoms with van der Waals surface area (Å²) in [5.74, 6) is -0.389. The molecule has 0 bridgehead atoms. The van der Waals surface area contributed by atoms with Gasteiger partial charge in [0.2, 0.25) is 5.91 Å². The normalized spacial score (nSPS) is 19.4. The molecule has 5 rings (SSSR count). The van der Waals surface area contributed by atoms with Crippen LogP contribution < -0.4 is 5.69 Å². The van der Waals surface area contributed by atoms with E-state index in [1.807, 2.05) is 45.9 Å². The number of cyclic esters (lactones) is 1. The van der Waals surface area contributed by atoms with Gasteiger partial charge in [-0.1, -0.05) is 30.3 Å². The molecular weight excluding hydrogens is 370 g/mol. The zero-order chi connectivity index (χ0) is 20.0. The lowest BCUT2D eigenvalue weighted by atomic mass is 10.0. The Morgan fingerprint density at radius 2 is 1.76 bits per heavy atom. The maximum absolute atomic E-state index is 12.8. The largest absolute Gasteiger partial charge is 0.453 e. The minimum atomic E-state index is -0.514. The average Bonchev–Trinajstić information content (AvgIpc) is 3.24. The van der Waals surface area contributed by atoms with Crippen LogP contribution in [-0.4, -0.2) is 39.4 Å². The Hall–Kier alpha value is -3.35. The number of carbonyl (C=O) groups excluding carboxylic acids is 2. The molecule has 1 amide bonds. The lowest BCUT2D eigenvalue weighted by Crippen LogP contribution is -2.41. The third-order valence-corrected chi connectivity index (χ3v) is 5.94. The molecule has 0 aliphatic carbocycles. The molecule has 1 N–H and O–H groups in total. The Balaban J connectivity index is 1.26. The van der Waals surface area contributed by atoms with Gasteiger partial charge in [-0.3, -0.25) is 9.36 Å². The standard InChI is InChI=1S/C22H21N3O4/c26-20(13-19-15-5-1-2-6-16(15)21(27)29-19)24-11-9-14(10-12-24)25-18-8-4-3-7-17(18)23-22(25)28/h1-8,14,19H,9-13H2,(H,23,28)/t19-/m0/s1. The molecule has 2 aliphatic rings. The first kappa shape index (κ1) is 17.7. The van der Waals surface area contributed by atoms with Crippen LogP contribution in [0.15, 0.2) is 53.3 Å². The Morgan fingerprint density at radius 1 is 1.03 bits per heavy atom. The molecule has 1 saturated heterocycles. The molecule has 29 heavy (non-hydrogen) atoms. The quantitative estimate of drug-likeness (QED) is 0.696. The number of fused-ring (bicyclic) bond motifs is 2. The molecule has 0 saturated carbocycles. The molecule has 1 fully saturated rings. The van der Waals surface area contributed by atoms with Gasteiger partial charge in [0, 0.05) is 24.7 Å². The molecular formula is C22H21N3O4. The molecule has 7 heteroatoms. The van der Waals surface area contributed by atoms with Gasteiger partial charge in [-0.25, -0.2) is 9.59 Å². The van der Waals surface area contributed by atoms with Crippen LogP contribution in [0.1, 0.15) is 47.3 Å². The fraction of sp³-hybridized carbons (Fsp3) is 0.318. The highest BCUT2D eigenvalue weighted by atomic mass is 16.5. The molecule has 1 atom stereocenters. The number of esters is 1. The van der Waals surface area contributed by atoms with Gasteiger partial charge < -0.3 is 14.6 Å². The minimum absolute atomic E-state index is 0.0239. The lowest BCUT2D eigenvalue weighted by Gasteiger charge is -2.33. The first-order valence-electron chi connectivity index (χ1n) is 9.89. The second-order valence-corrected chi connectivity index (χ2v) is 7.61. The molecule has 148 valence electrons. The SMILES string of the molecule is O=C1O[C@@H](CC(=O)N2CCC(n3c(=O)[nH]c4ccccc43)CC2)c2ccccc21. The number of H-pyrrole nitrogens is 1. The Morgan fingerprint density at radius 3 is 2.59 bits per heavy atom. The number of hydrogen-bond acceptors (Lipinski definition) is 4. The minimum Gasteiger partial charge on any atom is -0.453 e. The van der Waals surface area contributed by atoms with Gasteiger partial charge >= 0.3 is 11.7 Å². The van der Waals surface area contributed by atoms with E-state index in [2.05, 4.69) is 4.98 Å². The number of nitrogens with one attached hydrogen (secondary N) is 1. The van der Waals surface area contributed by atoms with E-state index < -0.39 is 6.10 Å². The zero-order valence-electron chi connectivity index (χ0n) is 15.8. The summed E-state index contributed by atoms with van der Waals surface area (Å²) in [7, 11) is 0. The number of amides is 1. The highest BCUT2D eigenvalue weighted by molar-refractivity contribution is 5.94. The highest BCUT2D eigenvalue weighted by Gasteiger charge is 2.34. The van der Waals surface area contributed by atoms with Gasteiger partial charge in [-0.05, 0) is 31.0 Å². The Labute approximate surface area is 166 Å². The average molecular weight is 391 g/mol. The van der Waals surface area contributed by atoms with Crippen LogP contribution >= 0.6 is 0 Å².